The van der Waals surface area contributed by atoms with Crippen molar-refractivity contribution in [1.82, 2.24) is 0 Å². The predicted octanol–water partition coefficient (Wildman–Crippen LogP) is 3.46. The van der Waals surface area contributed by atoms with Crippen LogP contribution < -0.4 is 5.32 Å². The van der Waals surface area contributed by atoms with E-state index in [9.17, 15) is 4.79 Å². The van der Waals surface area contributed by atoms with Crippen molar-refractivity contribution in [3.63, 3.8) is 0 Å². The molecular weight excluding hydrogens is 318 g/mol. The molecule has 136 valence electrons. The molecule has 1 aromatic rings. The van der Waals surface area contributed by atoms with Gasteiger partial charge in [-0.3, -0.25) is 4.79 Å². The Bertz CT molecular complexity index is 583. The number of benzene rings is 1. The molecule has 2 N–H and O–H groups in total. The van der Waals surface area contributed by atoms with E-state index in [1.807, 2.05) is 36.4 Å². The zero-order chi connectivity index (χ0) is 17.5. The lowest BCUT2D eigenvalue weighted by molar-refractivity contribution is -0.150. The minimum Gasteiger partial charge on any atom is -0.459 e. The second-order valence-corrected chi connectivity index (χ2v) is 6.79. The maximum Gasteiger partial charge on any atom is 0.290 e. The first-order valence-corrected chi connectivity index (χ1v) is 9.23. The first-order chi connectivity index (χ1) is 12.3. The largest absolute Gasteiger partial charge is 0.459 e. The molecule has 1 aliphatic carbocycles. The second-order valence-electron chi connectivity index (χ2n) is 6.79. The van der Waals surface area contributed by atoms with Crippen molar-refractivity contribution >= 4 is 11.6 Å². The van der Waals surface area contributed by atoms with E-state index in [1.54, 1.807) is 0 Å². The number of hydrogen-bond donors (Lipinski definition) is 2. The number of aliphatic hydroxyl groups is 1. The van der Waals surface area contributed by atoms with Crippen molar-refractivity contribution < 1.29 is 19.4 Å². The van der Waals surface area contributed by atoms with Gasteiger partial charge in [0.1, 0.15) is 0 Å². The topological polar surface area (TPSA) is 67.8 Å². The van der Waals surface area contributed by atoms with Gasteiger partial charge in [0, 0.05) is 18.7 Å². The smallest absolute Gasteiger partial charge is 0.290 e. The molecule has 1 saturated carbocycles. The van der Waals surface area contributed by atoms with Crippen molar-refractivity contribution in [2.45, 2.75) is 44.8 Å². The SMILES string of the molecule is O=C(Nc1ccccc1)C1=C[C@@H](C2CCC2)C[C@@H](OCCCCO)O1. The van der Waals surface area contributed by atoms with Gasteiger partial charge >= 0.3 is 0 Å². The maximum atomic E-state index is 12.6. The Morgan fingerprint density at radius 1 is 1.24 bits per heavy atom. The minimum atomic E-state index is -0.384. The molecule has 2 aliphatic rings. The lowest BCUT2D eigenvalue weighted by Crippen LogP contribution is -2.34. The van der Waals surface area contributed by atoms with Crippen LogP contribution in [0.5, 0.6) is 0 Å². The van der Waals surface area contributed by atoms with Crippen molar-refractivity contribution in [3.8, 4) is 0 Å². The van der Waals surface area contributed by atoms with Crippen LogP contribution in [0, 0.1) is 11.8 Å². The Labute approximate surface area is 149 Å². The minimum absolute atomic E-state index is 0.171. The normalized spacial score (nSPS) is 23.3. The van der Waals surface area contributed by atoms with E-state index in [-0.39, 0.29) is 18.8 Å². The molecule has 5 heteroatoms. The average Bonchev–Trinajstić information content (AvgIpc) is 2.58. The summed E-state index contributed by atoms with van der Waals surface area (Å²) in [7, 11) is 0. The summed E-state index contributed by atoms with van der Waals surface area (Å²) in [6.45, 7) is 0.709. The molecule has 25 heavy (non-hydrogen) atoms. The summed E-state index contributed by atoms with van der Waals surface area (Å²) in [6, 6.07) is 9.39. The van der Waals surface area contributed by atoms with Crippen LogP contribution in [-0.2, 0) is 14.3 Å². The summed E-state index contributed by atoms with van der Waals surface area (Å²) in [5.41, 5.74) is 0.753. The fourth-order valence-corrected chi connectivity index (χ4v) is 3.28. The number of hydrogen-bond acceptors (Lipinski definition) is 4. The van der Waals surface area contributed by atoms with Gasteiger partial charge in [-0.05, 0) is 55.7 Å². The van der Waals surface area contributed by atoms with Gasteiger partial charge < -0.3 is 19.9 Å². The maximum absolute atomic E-state index is 12.6. The second kappa shape index (κ2) is 9.02. The molecule has 1 aliphatic heterocycles. The summed E-state index contributed by atoms with van der Waals surface area (Å²) in [4.78, 5) is 12.6. The van der Waals surface area contributed by atoms with E-state index in [4.69, 9.17) is 14.6 Å². The Morgan fingerprint density at radius 2 is 2.04 bits per heavy atom. The van der Waals surface area contributed by atoms with Crippen molar-refractivity contribution in [2.75, 3.05) is 18.5 Å². The Kier molecular flexibility index (Phi) is 6.48. The van der Waals surface area contributed by atoms with Crippen LogP contribution in [0.4, 0.5) is 5.69 Å². The highest BCUT2D eigenvalue weighted by molar-refractivity contribution is 6.02. The van der Waals surface area contributed by atoms with Crippen molar-refractivity contribution in [2.24, 2.45) is 11.8 Å². The molecule has 0 spiro atoms. The quantitative estimate of drug-likeness (QED) is 0.708. The van der Waals surface area contributed by atoms with Gasteiger partial charge in [-0.15, -0.1) is 0 Å². The molecule has 0 bridgehead atoms. The Hall–Kier alpha value is -1.85. The van der Waals surface area contributed by atoms with Crippen LogP contribution in [0.25, 0.3) is 0 Å². The summed E-state index contributed by atoms with van der Waals surface area (Å²) < 4.78 is 11.6. The summed E-state index contributed by atoms with van der Waals surface area (Å²) in [5, 5.41) is 11.7. The third-order valence-corrected chi connectivity index (χ3v) is 4.96. The van der Waals surface area contributed by atoms with Gasteiger partial charge in [0.05, 0.1) is 6.61 Å². The highest BCUT2D eigenvalue weighted by Crippen LogP contribution is 2.40. The van der Waals surface area contributed by atoms with Gasteiger partial charge in [0.15, 0.2) is 5.76 Å². The number of carbonyl (C=O) groups excluding carboxylic acids is 1. The van der Waals surface area contributed by atoms with Crippen molar-refractivity contribution in [1.29, 1.82) is 0 Å². The fraction of sp³-hybridized carbons (Fsp3) is 0.550. The molecule has 1 amide bonds. The van der Waals surface area contributed by atoms with E-state index in [0.29, 0.717) is 24.2 Å². The molecule has 2 atom stereocenters. The molecular formula is C20H27NO4. The highest BCUT2D eigenvalue weighted by atomic mass is 16.7. The van der Waals surface area contributed by atoms with Gasteiger partial charge in [0.25, 0.3) is 5.91 Å². The molecule has 1 fully saturated rings. The number of unbranched alkanes of at least 4 members (excludes halogenated alkanes) is 1. The molecule has 0 aromatic heterocycles. The molecule has 0 saturated heterocycles. The van der Waals surface area contributed by atoms with E-state index in [0.717, 1.165) is 24.9 Å². The standard InChI is InChI=1S/C20H27NO4/c22-11-4-5-12-24-19-14-16(15-7-6-8-15)13-18(25-19)20(23)21-17-9-2-1-3-10-17/h1-3,9-10,13,15-16,19,22H,4-8,11-12,14H2,(H,21,23)/t16-,19+/m1/s1. The lowest BCUT2D eigenvalue weighted by atomic mass is 9.73. The van der Waals surface area contributed by atoms with Crippen LogP contribution in [0.15, 0.2) is 42.2 Å². The van der Waals surface area contributed by atoms with E-state index < -0.39 is 0 Å². The van der Waals surface area contributed by atoms with Gasteiger partial charge in [-0.25, -0.2) is 0 Å². The van der Waals surface area contributed by atoms with E-state index in [2.05, 4.69) is 5.32 Å². The number of anilines is 1. The number of carbonyl (C=O) groups is 1. The Morgan fingerprint density at radius 3 is 2.72 bits per heavy atom. The fourth-order valence-electron chi connectivity index (χ4n) is 3.28. The number of amides is 1. The summed E-state index contributed by atoms with van der Waals surface area (Å²) in [5.74, 6) is 1.10. The monoisotopic (exact) mass is 345 g/mol. The number of aliphatic hydroxyl groups excluding tert-OH is 1. The summed E-state index contributed by atoms with van der Waals surface area (Å²) in [6.07, 6.45) is 7.60. The van der Waals surface area contributed by atoms with Crippen LogP contribution in [0.3, 0.4) is 0 Å². The lowest BCUT2D eigenvalue weighted by Gasteiger charge is -2.37. The average molecular weight is 345 g/mol. The van der Waals surface area contributed by atoms with E-state index >= 15 is 0 Å². The third-order valence-electron chi connectivity index (χ3n) is 4.96. The molecule has 0 unspecified atom stereocenters. The molecule has 0 radical (unpaired) electrons. The zero-order valence-electron chi connectivity index (χ0n) is 14.5. The number of ether oxygens (including phenoxy) is 2. The number of nitrogens with one attached hydrogen (secondary N) is 1. The third kappa shape index (κ3) is 5.06. The van der Waals surface area contributed by atoms with Crippen molar-refractivity contribution in [3.05, 3.63) is 42.2 Å². The zero-order valence-corrected chi connectivity index (χ0v) is 14.5. The number of para-hydroxylation sites is 1. The first-order valence-electron chi connectivity index (χ1n) is 9.23. The molecule has 3 rings (SSSR count). The predicted molar refractivity (Wildman–Crippen MR) is 95.7 cm³/mol. The highest BCUT2D eigenvalue weighted by Gasteiger charge is 2.34. The Balaban J connectivity index is 1.62. The van der Waals surface area contributed by atoms with E-state index in [1.165, 1.54) is 19.3 Å². The van der Waals surface area contributed by atoms with Crippen LogP contribution in [0.2, 0.25) is 0 Å². The van der Waals surface area contributed by atoms with Crippen LogP contribution in [-0.4, -0.2) is 30.5 Å². The molecule has 5 nitrogen and oxygen atoms in total. The number of allylic oxidation sites excluding steroid dienone is 1. The van der Waals surface area contributed by atoms with Gasteiger partial charge in [0.2, 0.25) is 6.29 Å². The van der Waals surface area contributed by atoms with Gasteiger partial charge in [-0.2, -0.15) is 0 Å². The first kappa shape index (κ1) is 18.0. The van der Waals surface area contributed by atoms with Crippen LogP contribution >= 0.6 is 0 Å². The summed E-state index contributed by atoms with van der Waals surface area (Å²) >= 11 is 0. The molecule has 1 aromatic carbocycles. The van der Waals surface area contributed by atoms with Gasteiger partial charge in [-0.1, -0.05) is 24.6 Å². The van der Waals surface area contributed by atoms with Crippen LogP contribution in [0.1, 0.15) is 38.5 Å². The molecule has 1 heterocycles. The number of rotatable bonds is 8.